The maximum atomic E-state index is 11.9. The smallest absolute Gasteiger partial charge is 0.321 e. The zero-order valence-electron chi connectivity index (χ0n) is 12.3. The third-order valence-corrected chi connectivity index (χ3v) is 3.93. The van der Waals surface area contributed by atoms with Crippen LogP contribution < -0.4 is 10.6 Å². The highest BCUT2D eigenvalue weighted by molar-refractivity contribution is 7.21. The van der Waals surface area contributed by atoms with Gasteiger partial charge in [-0.1, -0.05) is 11.3 Å². The number of urea groups is 1. The fourth-order valence-corrected chi connectivity index (χ4v) is 2.88. The first kappa shape index (κ1) is 14.5. The summed E-state index contributed by atoms with van der Waals surface area (Å²) in [5, 5.41) is 10.3. The van der Waals surface area contributed by atoms with E-state index in [0.717, 1.165) is 21.7 Å². The van der Waals surface area contributed by atoms with Gasteiger partial charge >= 0.3 is 6.03 Å². The van der Waals surface area contributed by atoms with Crippen LogP contribution >= 0.6 is 11.3 Å². The highest BCUT2D eigenvalue weighted by atomic mass is 32.1. The van der Waals surface area contributed by atoms with Gasteiger partial charge in [-0.15, -0.1) is 0 Å². The molecule has 3 aromatic rings. The van der Waals surface area contributed by atoms with Crippen LogP contribution in [-0.2, 0) is 13.5 Å². The molecule has 7 nitrogen and oxygen atoms in total. The first-order valence-electron chi connectivity index (χ1n) is 6.88. The molecule has 0 saturated heterocycles. The minimum Gasteiger partial charge on any atom is -0.337 e. The topological polar surface area (TPSA) is 84.7 Å². The fraction of sp³-hybridized carbons (Fsp3) is 0.286. The van der Waals surface area contributed by atoms with Crippen molar-refractivity contribution in [1.29, 1.82) is 0 Å². The molecule has 2 amide bonds. The van der Waals surface area contributed by atoms with Gasteiger partial charge in [0.1, 0.15) is 10.3 Å². The average Bonchev–Trinajstić information content (AvgIpc) is 3.04. The number of pyridine rings is 1. The summed E-state index contributed by atoms with van der Waals surface area (Å²) in [7, 11) is 1.87. The van der Waals surface area contributed by atoms with Gasteiger partial charge in [0.25, 0.3) is 0 Å². The number of hydrogen-bond donors (Lipinski definition) is 2. The lowest BCUT2D eigenvalue weighted by atomic mass is 10.3. The van der Waals surface area contributed by atoms with Crippen molar-refractivity contribution in [2.45, 2.75) is 13.3 Å². The molecule has 3 aromatic heterocycles. The van der Waals surface area contributed by atoms with Gasteiger partial charge < -0.3 is 5.32 Å². The van der Waals surface area contributed by atoms with Gasteiger partial charge in [0.05, 0.1) is 5.69 Å². The van der Waals surface area contributed by atoms with Crippen LogP contribution in [0.3, 0.4) is 0 Å². The normalized spacial score (nSPS) is 10.8. The second kappa shape index (κ2) is 6.10. The summed E-state index contributed by atoms with van der Waals surface area (Å²) in [5.41, 5.74) is 2.67. The first-order valence-corrected chi connectivity index (χ1v) is 7.69. The Kier molecular flexibility index (Phi) is 4.01. The molecule has 0 atom stereocenters. The van der Waals surface area contributed by atoms with Gasteiger partial charge in [-0.3, -0.25) is 10.00 Å². The Labute approximate surface area is 131 Å². The van der Waals surface area contributed by atoms with Crippen LogP contribution in [0.25, 0.3) is 10.3 Å². The van der Waals surface area contributed by atoms with Gasteiger partial charge in [-0.2, -0.15) is 5.10 Å². The van der Waals surface area contributed by atoms with Crippen LogP contribution in [0.1, 0.15) is 11.4 Å². The van der Waals surface area contributed by atoms with Crippen LogP contribution in [0.4, 0.5) is 9.93 Å². The molecule has 0 aromatic carbocycles. The number of aryl methyl sites for hydroxylation is 2. The lowest BCUT2D eigenvalue weighted by molar-refractivity contribution is 0.252. The number of nitrogens with one attached hydrogen (secondary N) is 2. The molecule has 2 N–H and O–H groups in total. The summed E-state index contributed by atoms with van der Waals surface area (Å²) < 4.78 is 1.74. The molecule has 0 radical (unpaired) electrons. The highest BCUT2D eigenvalue weighted by Crippen LogP contribution is 2.24. The van der Waals surface area contributed by atoms with Crippen molar-refractivity contribution in [1.82, 2.24) is 25.1 Å². The standard InChI is InChI=1S/C14H16N6OS/c1-9-3-4-11-12(16-9)22-14(17-11)18-13(21)15-7-5-10-6-8-20(2)19-10/h3-4,6,8H,5,7H2,1-2H3,(H2,15,17,18,21). The van der Waals surface area contributed by atoms with Crippen LogP contribution in [0.2, 0.25) is 0 Å². The summed E-state index contributed by atoms with van der Waals surface area (Å²) in [6.07, 6.45) is 2.57. The van der Waals surface area contributed by atoms with Crippen molar-refractivity contribution in [3.63, 3.8) is 0 Å². The molecule has 3 rings (SSSR count). The van der Waals surface area contributed by atoms with E-state index in [9.17, 15) is 4.79 Å². The van der Waals surface area contributed by atoms with Crippen LogP contribution in [-0.4, -0.2) is 32.3 Å². The molecule has 0 spiro atoms. The number of anilines is 1. The van der Waals surface area contributed by atoms with E-state index in [1.165, 1.54) is 11.3 Å². The number of hydrogen-bond acceptors (Lipinski definition) is 5. The zero-order valence-corrected chi connectivity index (χ0v) is 13.1. The molecule has 0 bridgehead atoms. The summed E-state index contributed by atoms with van der Waals surface area (Å²) in [5.74, 6) is 0. The summed E-state index contributed by atoms with van der Waals surface area (Å²) >= 11 is 1.36. The van der Waals surface area contributed by atoms with Crippen molar-refractivity contribution in [2.75, 3.05) is 11.9 Å². The van der Waals surface area contributed by atoms with E-state index in [1.807, 2.05) is 38.4 Å². The highest BCUT2D eigenvalue weighted by Gasteiger charge is 2.08. The molecule has 0 saturated carbocycles. The largest absolute Gasteiger partial charge is 0.337 e. The second-order valence-corrected chi connectivity index (χ2v) is 5.89. The Hall–Kier alpha value is -2.48. The number of aromatic nitrogens is 4. The molecule has 0 aliphatic heterocycles. The van der Waals surface area contributed by atoms with Crippen molar-refractivity contribution >= 4 is 32.8 Å². The summed E-state index contributed by atoms with van der Waals surface area (Å²) in [6, 6.07) is 5.46. The molecule has 3 heterocycles. The zero-order chi connectivity index (χ0) is 15.5. The van der Waals surface area contributed by atoms with Gasteiger partial charge in [0, 0.05) is 31.9 Å². The van der Waals surface area contributed by atoms with E-state index in [4.69, 9.17) is 0 Å². The third kappa shape index (κ3) is 3.40. The molecule has 0 fully saturated rings. The van der Waals surface area contributed by atoms with Crippen molar-refractivity contribution in [2.24, 2.45) is 7.05 Å². The number of nitrogens with zero attached hydrogens (tertiary/aromatic N) is 4. The maximum Gasteiger partial charge on any atom is 0.321 e. The second-order valence-electron chi connectivity index (χ2n) is 4.91. The predicted molar refractivity (Wildman–Crippen MR) is 86.1 cm³/mol. The van der Waals surface area contributed by atoms with Crippen molar-refractivity contribution < 1.29 is 4.79 Å². The molecule has 0 unspecified atom stereocenters. The third-order valence-electron chi connectivity index (χ3n) is 3.05. The predicted octanol–water partition coefficient (Wildman–Crippen LogP) is 2.10. The number of rotatable bonds is 4. The van der Waals surface area contributed by atoms with Gasteiger partial charge in [0.2, 0.25) is 0 Å². The maximum absolute atomic E-state index is 11.9. The Bertz CT molecular complexity index is 809. The molecule has 22 heavy (non-hydrogen) atoms. The van der Waals surface area contributed by atoms with Gasteiger partial charge in [0.15, 0.2) is 5.13 Å². The number of carbonyl (C=O) groups is 1. The van der Waals surface area contributed by atoms with Crippen molar-refractivity contribution in [3.05, 3.63) is 35.8 Å². The van der Waals surface area contributed by atoms with Crippen molar-refractivity contribution in [3.8, 4) is 0 Å². The lowest BCUT2D eigenvalue weighted by Gasteiger charge is -2.03. The quantitative estimate of drug-likeness (QED) is 0.772. The van der Waals surface area contributed by atoms with Gasteiger partial charge in [-0.05, 0) is 25.1 Å². The SMILES string of the molecule is Cc1ccc2nc(NC(=O)NCCc3ccn(C)n3)sc2n1. The Morgan fingerprint density at radius 2 is 2.18 bits per heavy atom. The molecule has 114 valence electrons. The first-order chi connectivity index (χ1) is 10.6. The molecular formula is C14H16N6OS. The van der Waals surface area contributed by atoms with E-state index in [0.29, 0.717) is 18.1 Å². The Morgan fingerprint density at radius 3 is 2.95 bits per heavy atom. The number of amides is 2. The minimum atomic E-state index is -0.272. The fourth-order valence-electron chi connectivity index (χ4n) is 2.00. The number of fused-ring (bicyclic) bond motifs is 1. The Balaban J connectivity index is 1.54. The summed E-state index contributed by atoms with van der Waals surface area (Å²) in [6.45, 7) is 2.45. The monoisotopic (exact) mass is 316 g/mol. The van der Waals surface area contributed by atoms with E-state index in [-0.39, 0.29) is 6.03 Å². The Morgan fingerprint density at radius 1 is 1.32 bits per heavy atom. The minimum absolute atomic E-state index is 0.272. The van der Waals surface area contributed by atoms with Gasteiger partial charge in [-0.25, -0.2) is 14.8 Å². The molecule has 0 aliphatic carbocycles. The van der Waals surface area contributed by atoms with E-state index in [1.54, 1.807) is 4.68 Å². The van der Waals surface area contributed by atoms with Crippen LogP contribution in [0.15, 0.2) is 24.4 Å². The lowest BCUT2D eigenvalue weighted by Crippen LogP contribution is -2.30. The van der Waals surface area contributed by atoms with Crippen LogP contribution in [0, 0.1) is 6.92 Å². The van der Waals surface area contributed by atoms with E-state index >= 15 is 0 Å². The summed E-state index contributed by atoms with van der Waals surface area (Å²) in [4.78, 5) is 21.4. The number of carbonyl (C=O) groups excluding carboxylic acids is 1. The molecule has 0 aliphatic rings. The van der Waals surface area contributed by atoms with E-state index < -0.39 is 0 Å². The molecule has 8 heteroatoms. The van der Waals surface area contributed by atoms with E-state index in [2.05, 4.69) is 25.7 Å². The van der Waals surface area contributed by atoms with Crippen LogP contribution in [0.5, 0.6) is 0 Å². The average molecular weight is 316 g/mol. The molecular weight excluding hydrogens is 300 g/mol. The number of thiazole rings is 1.